The number of nitrogens with one attached hydrogen (secondary N) is 1. The van der Waals surface area contributed by atoms with Crippen molar-refractivity contribution in [1.29, 1.82) is 0 Å². The van der Waals surface area contributed by atoms with Crippen molar-refractivity contribution in [3.05, 3.63) is 12.4 Å². The Kier molecular flexibility index (Phi) is 5.09. The molecular weight excluding hydrogens is 294 g/mol. The molecule has 8 nitrogen and oxygen atoms in total. The van der Waals surface area contributed by atoms with Gasteiger partial charge in [0.1, 0.15) is 5.03 Å². The highest BCUT2D eigenvalue weighted by Crippen LogP contribution is 2.18. The Bertz CT molecular complexity index is 566. The first-order valence-corrected chi connectivity index (χ1v) is 7.34. The molecule has 1 saturated heterocycles. The highest BCUT2D eigenvalue weighted by Gasteiger charge is 2.23. The third-order valence-electron chi connectivity index (χ3n) is 2.82. The lowest BCUT2D eigenvalue weighted by molar-refractivity contribution is -0.135. The van der Waals surface area contributed by atoms with Crippen LogP contribution in [0.4, 0.5) is 5.82 Å². The molecule has 0 aliphatic carbocycles. The average molecular weight is 309 g/mol. The van der Waals surface area contributed by atoms with Crippen LogP contribution >= 0.6 is 11.8 Å². The Morgan fingerprint density at radius 3 is 2.76 bits per heavy atom. The number of amides is 3. The fourth-order valence-electron chi connectivity index (χ4n) is 1.86. The minimum Gasteiger partial charge on any atom is -0.381 e. The largest absolute Gasteiger partial charge is 0.381 e. The molecule has 0 spiro atoms. The summed E-state index contributed by atoms with van der Waals surface area (Å²) < 4.78 is 0. The van der Waals surface area contributed by atoms with E-state index < -0.39 is 11.8 Å². The van der Waals surface area contributed by atoms with Crippen molar-refractivity contribution in [3.63, 3.8) is 0 Å². The van der Waals surface area contributed by atoms with E-state index in [2.05, 4.69) is 15.3 Å². The molecule has 21 heavy (non-hydrogen) atoms. The molecule has 0 unspecified atom stereocenters. The molecule has 0 atom stereocenters. The second kappa shape index (κ2) is 7.02. The van der Waals surface area contributed by atoms with Crippen LogP contribution in [-0.4, -0.2) is 51.4 Å². The van der Waals surface area contributed by atoms with Gasteiger partial charge in [-0.2, -0.15) is 0 Å². The maximum absolute atomic E-state index is 11.6. The molecule has 3 N–H and O–H groups in total. The number of carbonyl (C=O) groups excluding carboxylic acids is 3. The number of nitrogen functional groups attached to an aromatic ring is 1. The third-order valence-corrected chi connectivity index (χ3v) is 3.81. The van der Waals surface area contributed by atoms with Crippen LogP contribution in [0, 0.1) is 0 Å². The average Bonchev–Trinajstić information content (AvgIpc) is 2.83. The fourth-order valence-corrected chi connectivity index (χ4v) is 2.53. The number of nitrogens with zero attached hydrogens (tertiary/aromatic N) is 3. The lowest BCUT2D eigenvalue weighted by atomic mass is 10.4. The molecule has 1 fully saturated rings. The minimum atomic E-state index is -0.483. The van der Waals surface area contributed by atoms with E-state index >= 15 is 0 Å². The first-order chi connectivity index (χ1) is 10.1. The van der Waals surface area contributed by atoms with Crippen molar-refractivity contribution in [3.8, 4) is 0 Å². The Labute approximate surface area is 125 Å². The molecular formula is C12H15N5O3S. The predicted molar refractivity (Wildman–Crippen MR) is 76.1 cm³/mol. The number of carbonyl (C=O) groups is 3. The number of rotatable bonds is 5. The standard InChI is InChI=1S/C12H15N5O3S/c13-11-12(15-4-3-14-11)21-7-9(19)16-8(18)6-17-5-1-2-10(17)20/h3-4H,1-2,5-7H2,(H2,13,14)(H,16,18,19). The first-order valence-electron chi connectivity index (χ1n) is 6.36. The van der Waals surface area contributed by atoms with Crippen molar-refractivity contribution in [2.75, 3.05) is 24.6 Å². The van der Waals surface area contributed by atoms with Crippen molar-refractivity contribution < 1.29 is 14.4 Å². The zero-order valence-electron chi connectivity index (χ0n) is 11.2. The molecule has 112 valence electrons. The van der Waals surface area contributed by atoms with E-state index in [1.54, 1.807) is 0 Å². The lowest BCUT2D eigenvalue weighted by Gasteiger charge is -2.14. The minimum absolute atomic E-state index is 0.00256. The molecule has 9 heteroatoms. The Hall–Kier alpha value is -2.16. The number of imide groups is 1. The van der Waals surface area contributed by atoms with E-state index in [1.165, 1.54) is 17.3 Å². The lowest BCUT2D eigenvalue weighted by Crippen LogP contribution is -2.41. The zero-order chi connectivity index (χ0) is 15.2. The summed E-state index contributed by atoms with van der Waals surface area (Å²) in [7, 11) is 0. The molecule has 0 aromatic carbocycles. The normalized spacial score (nSPS) is 14.3. The molecule has 3 amide bonds. The summed E-state index contributed by atoms with van der Waals surface area (Å²) in [6, 6.07) is 0. The van der Waals surface area contributed by atoms with Crippen LogP contribution < -0.4 is 11.1 Å². The number of hydrogen-bond donors (Lipinski definition) is 2. The van der Waals surface area contributed by atoms with Gasteiger partial charge in [0.2, 0.25) is 17.7 Å². The quantitative estimate of drug-likeness (QED) is 0.698. The molecule has 2 rings (SSSR count). The first kappa shape index (κ1) is 15.2. The molecule has 0 saturated carbocycles. The molecule has 0 radical (unpaired) electrons. The maximum atomic E-state index is 11.6. The van der Waals surface area contributed by atoms with Crippen LogP contribution in [0.2, 0.25) is 0 Å². The van der Waals surface area contributed by atoms with E-state index in [1.807, 2.05) is 0 Å². The summed E-state index contributed by atoms with van der Waals surface area (Å²) in [5.74, 6) is -0.754. The molecule has 2 heterocycles. The molecule has 0 bridgehead atoms. The number of nitrogens with two attached hydrogens (primary N) is 1. The van der Waals surface area contributed by atoms with Gasteiger partial charge in [0.05, 0.1) is 12.3 Å². The number of anilines is 1. The van der Waals surface area contributed by atoms with E-state index in [9.17, 15) is 14.4 Å². The van der Waals surface area contributed by atoms with Gasteiger partial charge < -0.3 is 10.6 Å². The summed E-state index contributed by atoms with van der Waals surface area (Å²) in [4.78, 5) is 43.9. The molecule has 1 aromatic rings. The van der Waals surface area contributed by atoms with Crippen LogP contribution in [-0.2, 0) is 14.4 Å². The van der Waals surface area contributed by atoms with Gasteiger partial charge in [-0.05, 0) is 6.42 Å². The van der Waals surface area contributed by atoms with Crippen LogP contribution in [0.15, 0.2) is 17.4 Å². The number of aromatic nitrogens is 2. The second-order valence-electron chi connectivity index (χ2n) is 4.43. The predicted octanol–water partition coefficient (Wildman–Crippen LogP) is -0.584. The van der Waals surface area contributed by atoms with Gasteiger partial charge in [0.25, 0.3) is 0 Å². The fraction of sp³-hybridized carbons (Fsp3) is 0.417. The summed E-state index contributed by atoms with van der Waals surface area (Å²) in [5.41, 5.74) is 5.59. The number of likely N-dealkylation sites (tertiary alicyclic amines) is 1. The molecule has 1 aliphatic heterocycles. The Morgan fingerprint density at radius 2 is 2.10 bits per heavy atom. The highest BCUT2D eigenvalue weighted by atomic mass is 32.2. The summed E-state index contributed by atoms with van der Waals surface area (Å²) in [5, 5.41) is 2.68. The Morgan fingerprint density at radius 1 is 1.33 bits per heavy atom. The smallest absolute Gasteiger partial charge is 0.246 e. The van der Waals surface area contributed by atoms with Crippen molar-refractivity contribution >= 4 is 35.3 Å². The van der Waals surface area contributed by atoms with Gasteiger partial charge in [-0.1, -0.05) is 11.8 Å². The van der Waals surface area contributed by atoms with E-state index in [4.69, 9.17) is 5.73 Å². The van der Waals surface area contributed by atoms with Crippen LogP contribution in [0.25, 0.3) is 0 Å². The number of hydrogen-bond acceptors (Lipinski definition) is 7. The van der Waals surface area contributed by atoms with Crippen LogP contribution in [0.3, 0.4) is 0 Å². The van der Waals surface area contributed by atoms with Gasteiger partial charge in [0, 0.05) is 25.4 Å². The number of thioether (sulfide) groups is 1. The van der Waals surface area contributed by atoms with Gasteiger partial charge in [0.15, 0.2) is 5.82 Å². The maximum Gasteiger partial charge on any atom is 0.246 e. The van der Waals surface area contributed by atoms with Gasteiger partial charge in [-0.25, -0.2) is 9.97 Å². The van der Waals surface area contributed by atoms with Crippen LogP contribution in [0.5, 0.6) is 0 Å². The summed E-state index contributed by atoms with van der Waals surface area (Å²) in [6.45, 7) is 0.480. The topological polar surface area (TPSA) is 118 Å². The highest BCUT2D eigenvalue weighted by molar-refractivity contribution is 8.00. The Balaban J connectivity index is 1.75. The molecule has 1 aliphatic rings. The monoisotopic (exact) mass is 309 g/mol. The van der Waals surface area contributed by atoms with E-state index in [0.717, 1.165) is 18.2 Å². The van der Waals surface area contributed by atoms with Crippen molar-refractivity contribution in [1.82, 2.24) is 20.2 Å². The third kappa shape index (κ3) is 4.42. The second-order valence-corrected chi connectivity index (χ2v) is 5.39. The van der Waals surface area contributed by atoms with Crippen molar-refractivity contribution in [2.24, 2.45) is 0 Å². The molecule has 1 aromatic heterocycles. The summed E-state index contributed by atoms with van der Waals surface area (Å²) in [6.07, 6.45) is 4.14. The van der Waals surface area contributed by atoms with Gasteiger partial charge in [-0.3, -0.25) is 19.7 Å². The zero-order valence-corrected chi connectivity index (χ0v) is 12.1. The summed E-state index contributed by atoms with van der Waals surface area (Å²) >= 11 is 1.10. The van der Waals surface area contributed by atoms with E-state index in [0.29, 0.717) is 18.0 Å². The van der Waals surface area contributed by atoms with Crippen LogP contribution in [0.1, 0.15) is 12.8 Å². The van der Waals surface area contributed by atoms with Crippen molar-refractivity contribution in [2.45, 2.75) is 17.9 Å². The van der Waals surface area contributed by atoms with Gasteiger partial charge in [-0.15, -0.1) is 0 Å². The van der Waals surface area contributed by atoms with E-state index in [-0.39, 0.29) is 24.0 Å². The SMILES string of the molecule is Nc1nccnc1SCC(=O)NC(=O)CN1CCCC1=O. The van der Waals surface area contributed by atoms with Gasteiger partial charge >= 0.3 is 0 Å².